The van der Waals surface area contributed by atoms with Gasteiger partial charge in [0.25, 0.3) is 0 Å². The van der Waals surface area contributed by atoms with Crippen molar-refractivity contribution >= 4 is 46.0 Å². The Morgan fingerprint density at radius 1 is 1.03 bits per heavy atom. The highest BCUT2D eigenvalue weighted by atomic mass is 15.0. The maximum Gasteiger partial charge on any atom is 0.0919 e. The van der Waals surface area contributed by atoms with E-state index < -0.39 is 0 Å². The predicted molar refractivity (Wildman–Crippen MR) is 134 cm³/mol. The number of fused-ring (bicyclic) bond motifs is 1. The fourth-order valence-electron chi connectivity index (χ4n) is 3.72. The van der Waals surface area contributed by atoms with Gasteiger partial charge in [0.05, 0.1) is 28.1 Å². The molecular weight excluding hydrogens is 380 g/mol. The van der Waals surface area contributed by atoms with Crippen molar-refractivity contribution in [2.24, 2.45) is 4.99 Å². The number of rotatable bonds is 9. The monoisotopic (exact) mass is 408 g/mol. The van der Waals surface area contributed by atoms with Crippen molar-refractivity contribution in [1.82, 2.24) is 4.57 Å². The van der Waals surface area contributed by atoms with E-state index in [-0.39, 0.29) is 0 Å². The van der Waals surface area contributed by atoms with E-state index >= 15 is 0 Å². The number of benzene rings is 2. The molecule has 2 aromatic carbocycles. The number of unbranched alkanes of at least 4 members (excludes halogenated alkanes) is 2. The average Bonchev–Trinajstić information content (AvgIpc) is 3.04. The predicted octanol–water partition coefficient (Wildman–Crippen LogP) is 5.03. The molecule has 0 spiro atoms. The molecule has 3 rings (SSSR count). The first-order valence-corrected chi connectivity index (χ1v) is 10.3. The van der Waals surface area contributed by atoms with E-state index in [4.69, 9.17) is 5.73 Å². The highest BCUT2D eigenvalue weighted by Gasteiger charge is 2.07. The maximum atomic E-state index is 6.01. The SMILES string of the molecule is C=C=Nc1ccc2c(=C)n(CCCCCC(=C=C)Nc3ccccc3N)c(=C=C)c2c1. The number of aliphatic imine (C=N–C) groups is 1. The minimum Gasteiger partial charge on any atom is -0.397 e. The summed E-state index contributed by atoms with van der Waals surface area (Å²) in [5.74, 6) is 2.58. The molecule has 0 aliphatic rings. The normalized spacial score (nSPS) is 10.2. The molecule has 31 heavy (non-hydrogen) atoms. The molecule has 0 radical (unpaired) electrons. The van der Waals surface area contributed by atoms with Crippen molar-refractivity contribution in [1.29, 1.82) is 0 Å². The number of aromatic nitrogens is 1. The molecule has 1 aromatic heterocycles. The van der Waals surface area contributed by atoms with E-state index in [0.29, 0.717) is 5.69 Å². The molecule has 0 saturated carbocycles. The summed E-state index contributed by atoms with van der Waals surface area (Å²) in [5, 5.41) is 7.41. The van der Waals surface area contributed by atoms with Crippen molar-refractivity contribution in [3.05, 3.63) is 84.3 Å². The van der Waals surface area contributed by atoms with Gasteiger partial charge in [-0.3, -0.25) is 0 Å². The molecule has 0 saturated heterocycles. The van der Waals surface area contributed by atoms with E-state index in [1.165, 1.54) is 0 Å². The van der Waals surface area contributed by atoms with E-state index in [9.17, 15) is 0 Å². The van der Waals surface area contributed by atoms with Gasteiger partial charge in [-0.2, -0.15) is 0 Å². The minimum atomic E-state index is 0.716. The number of allylic oxidation sites excluding steroid dienone is 1. The fraction of sp³-hybridized carbons (Fsp3) is 0.185. The van der Waals surface area contributed by atoms with Gasteiger partial charge in [-0.15, -0.1) is 11.5 Å². The third-order valence-corrected chi connectivity index (χ3v) is 5.31. The van der Waals surface area contributed by atoms with Crippen LogP contribution in [0.5, 0.6) is 0 Å². The van der Waals surface area contributed by atoms with E-state index in [2.05, 4.69) is 58.5 Å². The first-order valence-electron chi connectivity index (χ1n) is 10.3. The lowest BCUT2D eigenvalue weighted by Gasteiger charge is -2.11. The molecule has 1 heterocycles. The van der Waals surface area contributed by atoms with Crippen molar-refractivity contribution in [3.63, 3.8) is 0 Å². The van der Waals surface area contributed by atoms with Crippen LogP contribution in [0, 0.1) is 0 Å². The van der Waals surface area contributed by atoms with Crippen LogP contribution in [-0.4, -0.2) is 10.4 Å². The number of nitrogens with one attached hydrogen (secondary N) is 1. The third kappa shape index (κ3) is 4.98. The molecule has 0 atom stereocenters. The van der Waals surface area contributed by atoms with E-state index in [0.717, 1.165) is 70.8 Å². The van der Waals surface area contributed by atoms with Gasteiger partial charge in [0.2, 0.25) is 0 Å². The van der Waals surface area contributed by atoms with Gasteiger partial charge in [0.1, 0.15) is 0 Å². The molecule has 4 nitrogen and oxygen atoms in total. The Hall–Kier alpha value is -3.93. The number of hydrogen-bond acceptors (Lipinski definition) is 3. The number of anilines is 2. The molecule has 0 fully saturated rings. The number of para-hydroxylation sites is 2. The van der Waals surface area contributed by atoms with Gasteiger partial charge in [-0.25, -0.2) is 4.99 Å². The number of nitrogens with zero attached hydrogens (tertiary/aromatic N) is 2. The zero-order valence-corrected chi connectivity index (χ0v) is 17.9. The first kappa shape index (κ1) is 21.8. The van der Waals surface area contributed by atoms with E-state index in [1.807, 2.05) is 42.5 Å². The van der Waals surface area contributed by atoms with Crippen molar-refractivity contribution < 1.29 is 0 Å². The van der Waals surface area contributed by atoms with Gasteiger partial charge in [0, 0.05) is 22.7 Å². The molecule has 3 N–H and O–H groups in total. The summed E-state index contributed by atoms with van der Waals surface area (Å²) < 4.78 is 2.19. The van der Waals surface area contributed by atoms with Gasteiger partial charge in [-0.1, -0.05) is 44.4 Å². The molecule has 0 bridgehead atoms. The zero-order chi connectivity index (χ0) is 22.2. The Morgan fingerprint density at radius 3 is 2.55 bits per heavy atom. The standard InChI is InChI=1S/C27H28N4/c1-5-21(30-26-15-11-10-14-25(26)28)13-9-8-12-18-31-20(4)23-17-16-22(29-7-3)19-24(23)27(31)6-2/h10-11,14-17,19,30H,1-4,8-9,12-13,18,28H2. The van der Waals surface area contributed by atoms with Crippen molar-refractivity contribution in [2.45, 2.75) is 32.2 Å². The zero-order valence-electron chi connectivity index (χ0n) is 17.9. The summed E-state index contributed by atoms with van der Waals surface area (Å²) in [5.41, 5.74) is 15.5. The second-order valence-corrected chi connectivity index (χ2v) is 7.30. The Kier molecular flexibility index (Phi) is 7.17. The number of nitrogens with two attached hydrogens (primary N) is 1. The summed E-state index contributed by atoms with van der Waals surface area (Å²) in [6.45, 7) is 16.4. The van der Waals surface area contributed by atoms with Crippen LogP contribution in [0.1, 0.15) is 25.7 Å². The lowest BCUT2D eigenvalue weighted by molar-refractivity contribution is 0.575. The van der Waals surface area contributed by atoms with Gasteiger partial charge < -0.3 is 15.6 Å². The smallest absolute Gasteiger partial charge is 0.0919 e. The lowest BCUT2D eigenvalue weighted by atomic mass is 10.1. The summed E-state index contributed by atoms with van der Waals surface area (Å²) in [4.78, 5) is 4.15. The molecule has 0 amide bonds. The molecular formula is C27H28N4. The Labute approximate surface area is 183 Å². The largest absolute Gasteiger partial charge is 0.397 e. The molecule has 156 valence electrons. The Bertz CT molecular complexity index is 1330. The highest BCUT2D eigenvalue weighted by molar-refractivity contribution is 5.87. The van der Waals surface area contributed by atoms with Crippen LogP contribution in [0.3, 0.4) is 0 Å². The average molecular weight is 409 g/mol. The fourth-order valence-corrected chi connectivity index (χ4v) is 3.72. The molecule has 0 unspecified atom stereocenters. The van der Waals surface area contributed by atoms with Gasteiger partial charge in [-0.05, 0) is 56.0 Å². The van der Waals surface area contributed by atoms with Crippen LogP contribution >= 0.6 is 0 Å². The molecule has 0 aliphatic carbocycles. The number of nitrogen functional groups attached to an aromatic ring is 1. The van der Waals surface area contributed by atoms with Crippen LogP contribution in [0.4, 0.5) is 17.1 Å². The van der Waals surface area contributed by atoms with Crippen molar-refractivity contribution in [3.8, 4) is 0 Å². The molecule has 0 aliphatic heterocycles. The minimum absolute atomic E-state index is 0.716. The van der Waals surface area contributed by atoms with Gasteiger partial charge >= 0.3 is 0 Å². The van der Waals surface area contributed by atoms with Crippen LogP contribution in [0.15, 0.2) is 78.6 Å². The van der Waals surface area contributed by atoms with Crippen LogP contribution in [0.2, 0.25) is 0 Å². The van der Waals surface area contributed by atoms with Crippen LogP contribution in [0.25, 0.3) is 23.1 Å². The van der Waals surface area contributed by atoms with Crippen molar-refractivity contribution in [2.75, 3.05) is 11.1 Å². The summed E-state index contributed by atoms with van der Waals surface area (Å²) >= 11 is 0. The summed E-state index contributed by atoms with van der Waals surface area (Å²) in [6.07, 6.45) is 3.98. The van der Waals surface area contributed by atoms with Gasteiger partial charge in [0.15, 0.2) is 0 Å². The Morgan fingerprint density at radius 2 is 1.84 bits per heavy atom. The maximum absolute atomic E-state index is 6.01. The molecule has 4 heteroatoms. The second kappa shape index (κ2) is 10.2. The summed E-state index contributed by atoms with van der Waals surface area (Å²) in [6, 6.07) is 13.7. The third-order valence-electron chi connectivity index (χ3n) is 5.31. The first-order chi connectivity index (χ1) is 15.1. The van der Waals surface area contributed by atoms with Crippen LogP contribution < -0.4 is 21.7 Å². The van der Waals surface area contributed by atoms with E-state index in [1.54, 1.807) is 0 Å². The second-order valence-electron chi connectivity index (χ2n) is 7.30. The lowest BCUT2D eigenvalue weighted by Crippen LogP contribution is -2.25. The molecule has 3 aromatic rings. The number of hydrogen-bond donors (Lipinski definition) is 2. The van der Waals surface area contributed by atoms with Crippen LogP contribution in [-0.2, 0) is 6.54 Å². The Balaban J connectivity index is 1.63. The summed E-state index contributed by atoms with van der Waals surface area (Å²) in [7, 11) is 0. The topological polar surface area (TPSA) is 55.3 Å². The quantitative estimate of drug-likeness (QED) is 0.226. The highest BCUT2D eigenvalue weighted by Crippen LogP contribution is 2.21.